The van der Waals surface area contributed by atoms with E-state index < -0.39 is 0 Å². The SMILES string of the molecule is Cc1cc(C)cc(Cc2nc(C)c(CNC(C)C)s2)c1. The van der Waals surface area contributed by atoms with Crippen LogP contribution in [0.3, 0.4) is 0 Å². The minimum Gasteiger partial charge on any atom is -0.310 e. The maximum atomic E-state index is 4.72. The van der Waals surface area contributed by atoms with Gasteiger partial charge in [0.1, 0.15) is 0 Å². The Bertz CT molecular complexity index is 564. The van der Waals surface area contributed by atoms with Crippen molar-refractivity contribution >= 4 is 11.3 Å². The smallest absolute Gasteiger partial charge is 0.0975 e. The average molecular weight is 288 g/mol. The van der Waals surface area contributed by atoms with Crippen LogP contribution in [0.1, 0.15) is 46.1 Å². The third-order valence-corrected chi connectivity index (χ3v) is 4.40. The Morgan fingerprint density at radius 1 is 1.10 bits per heavy atom. The molecule has 0 aliphatic heterocycles. The molecule has 1 aromatic carbocycles. The van der Waals surface area contributed by atoms with Crippen LogP contribution in [-0.2, 0) is 13.0 Å². The summed E-state index contributed by atoms with van der Waals surface area (Å²) < 4.78 is 0. The number of thiazole rings is 1. The molecule has 1 aromatic heterocycles. The highest BCUT2D eigenvalue weighted by atomic mass is 32.1. The van der Waals surface area contributed by atoms with Gasteiger partial charge in [-0.25, -0.2) is 4.98 Å². The van der Waals surface area contributed by atoms with E-state index in [0.717, 1.165) is 13.0 Å². The highest BCUT2D eigenvalue weighted by Crippen LogP contribution is 2.22. The van der Waals surface area contributed by atoms with E-state index in [1.54, 1.807) is 0 Å². The monoisotopic (exact) mass is 288 g/mol. The minimum absolute atomic E-state index is 0.513. The number of hydrogen-bond acceptors (Lipinski definition) is 3. The predicted octanol–water partition coefficient (Wildman–Crippen LogP) is 4.16. The summed E-state index contributed by atoms with van der Waals surface area (Å²) in [5.41, 5.74) is 5.19. The second kappa shape index (κ2) is 6.51. The van der Waals surface area contributed by atoms with Crippen LogP contribution in [0.25, 0.3) is 0 Å². The minimum atomic E-state index is 0.513. The molecule has 20 heavy (non-hydrogen) atoms. The molecule has 0 atom stereocenters. The van der Waals surface area contributed by atoms with Gasteiger partial charge < -0.3 is 5.32 Å². The standard InChI is InChI=1S/C17H24N2S/c1-11(2)18-10-16-14(5)19-17(20-16)9-15-7-12(3)6-13(4)8-15/h6-8,11,18H,9-10H2,1-5H3. The van der Waals surface area contributed by atoms with Gasteiger partial charge >= 0.3 is 0 Å². The van der Waals surface area contributed by atoms with Crippen LogP contribution in [0, 0.1) is 20.8 Å². The third-order valence-electron chi connectivity index (χ3n) is 3.24. The Labute approximate surface area is 126 Å². The van der Waals surface area contributed by atoms with E-state index in [4.69, 9.17) is 4.98 Å². The van der Waals surface area contributed by atoms with Crippen LogP contribution in [0.2, 0.25) is 0 Å². The Morgan fingerprint density at radius 3 is 2.35 bits per heavy atom. The molecule has 2 rings (SSSR count). The summed E-state index contributed by atoms with van der Waals surface area (Å²) in [6.45, 7) is 11.7. The van der Waals surface area contributed by atoms with Crippen molar-refractivity contribution < 1.29 is 0 Å². The maximum absolute atomic E-state index is 4.72. The van der Waals surface area contributed by atoms with E-state index in [1.807, 2.05) is 11.3 Å². The zero-order valence-electron chi connectivity index (χ0n) is 13.1. The quantitative estimate of drug-likeness (QED) is 0.893. The van der Waals surface area contributed by atoms with E-state index in [1.165, 1.54) is 32.3 Å². The molecule has 3 heteroatoms. The number of aryl methyl sites for hydroxylation is 3. The highest BCUT2D eigenvalue weighted by molar-refractivity contribution is 7.11. The van der Waals surface area contributed by atoms with Crippen molar-refractivity contribution in [3.63, 3.8) is 0 Å². The molecule has 0 fully saturated rings. The molecule has 0 radical (unpaired) electrons. The largest absolute Gasteiger partial charge is 0.310 e. The lowest BCUT2D eigenvalue weighted by Gasteiger charge is -2.06. The van der Waals surface area contributed by atoms with Crippen LogP contribution >= 0.6 is 11.3 Å². The second-order valence-corrected chi connectivity index (χ2v) is 6.99. The molecule has 2 aromatic rings. The normalized spacial score (nSPS) is 11.3. The summed E-state index contributed by atoms with van der Waals surface area (Å²) in [4.78, 5) is 6.08. The van der Waals surface area contributed by atoms with Gasteiger partial charge in [-0.05, 0) is 26.3 Å². The zero-order valence-corrected chi connectivity index (χ0v) is 13.9. The molecule has 2 nitrogen and oxygen atoms in total. The fourth-order valence-electron chi connectivity index (χ4n) is 2.37. The first kappa shape index (κ1) is 15.2. The van der Waals surface area contributed by atoms with Gasteiger partial charge in [-0.3, -0.25) is 0 Å². The average Bonchev–Trinajstić information content (AvgIpc) is 2.65. The molecule has 1 N–H and O–H groups in total. The Balaban J connectivity index is 2.11. The summed E-state index contributed by atoms with van der Waals surface area (Å²) >= 11 is 1.83. The molecule has 0 amide bonds. The summed E-state index contributed by atoms with van der Waals surface area (Å²) in [6, 6.07) is 7.25. The lowest BCUT2D eigenvalue weighted by atomic mass is 10.1. The van der Waals surface area contributed by atoms with Gasteiger partial charge in [0, 0.05) is 23.9 Å². The number of benzene rings is 1. The van der Waals surface area contributed by atoms with Crippen molar-refractivity contribution in [1.29, 1.82) is 0 Å². The van der Waals surface area contributed by atoms with Crippen molar-refractivity contribution in [2.75, 3.05) is 0 Å². The fraction of sp³-hybridized carbons (Fsp3) is 0.471. The van der Waals surface area contributed by atoms with Gasteiger partial charge in [0.05, 0.1) is 10.7 Å². The number of rotatable bonds is 5. The molecule has 0 saturated heterocycles. The maximum Gasteiger partial charge on any atom is 0.0975 e. The summed E-state index contributed by atoms with van der Waals surface area (Å²) in [7, 11) is 0. The van der Waals surface area contributed by atoms with E-state index in [-0.39, 0.29) is 0 Å². The molecule has 108 valence electrons. The number of aromatic nitrogens is 1. The third kappa shape index (κ3) is 4.15. The van der Waals surface area contributed by atoms with Crippen molar-refractivity contribution in [3.05, 3.63) is 50.5 Å². The first-order chi connectivity index (χ1) is 9.44. The molecule has 0 bridgehead atoms. The van der Waals surface area contributed by atoms with Gasteiger partial charge in [0.2, 0.25) is 0 Å². The molecular formula is C17H24N2S. The molecule has 0 aliphatic carbocycles. The van der Waals surface area contributed by atoms with Crippen LogP contribution < -0.4 is 5.32 Å². The molecule has 0 saturated carbocycles. The van der Waals surface area contributed by atoms with Crippen molar-refractivity contribution in [3.8, 4) is 0 Å². The lowest BCUT2D eigenvalue weighted by Crippen LogP contribution is -2.21. The zero-order chi connectivity index (χ0) is 14.7. The van der Waals surface area contributed by atoms with Gasteiger partial charge in [0.15, 0.2) is 0 Å². The van der Waals surface area contributed by atoms with Gasteiger partial charge in [-0.1, -0.05) is 43.2 Å². The first-order valence-corrected chi connectivity index (χ1v) is 8.01. The van der Waals surface area contributed by atoms with Crippen LogP contribution in [-0.4, -0.2) is 11.0 Å². The van der Waals surface area contributed by atoms with Crippen molar-refractivity contribution in [2.45, 2.75) is 53.6 Å². The van der Waals surface area contributed by atoms with Crippen LogP contribution in [0.4, 0.5) is 0 Å². The van der Waals surface area contributed by atoms with Crippen LogP contribution in [0.5, 0.6) is 0 Å². The van der Waals surface area contributed by atoms with E-state index in [2.05, 4.69) is 58.1 Å². The topological polar surface area (TPSA) is 24.9 Å². The van der Waals surface area contributed by atoms with E-state index >= 15 is 0 Å². The highest BCUT2D eigenvalue weighted by Gasteiger charge is 2.09. The Kier molecular flexibility index (Phi) is 4.95. The fourth-order valence-corrected chi connectivity index (χ4v) is 3.43. The van der Waals surface area contributed by atoms with Gasteiger partial charge in [-0.15, -0.1) is 11.3 Å². The summed E-state index contributed by atoms with van der Waals surface area (Å²) in [5, 5.41) is 4.68. The predicted molar refractivity (Wildman–Crippen MR) is 87.5 cm³/mol. The van der Waals surface area contributed by atoms with Crippen molar-refractivity contribution in [2.24, 2.45) is 0 Å². The van der Waals surface area contributed by atoms with E-state index in [0.29, 0.717) is 6.04 Å². The molecule has 1 heterocycles. The Morgan fingerprint density at radius 2 is 1.75 bits per heavy atom. The summed E-state index contributed by atoms with van der Waals surface area (Å²) in [5.74, 6) is 0. The van der Waals surface area contributed by atoms with Crippen LogP contribution in [0.15, 0.2) is 18.2 Å². The van der Waals surface area contributed by atoms with Gasteiger partial charge in [0.25, 0.3) is 0 Å². The second-order valence-electron chi connectivity index (χ2n) is 5.82. The number of hydrogen-bond donors (Lipinski definition) is 1. The number of nitrogens with zero attached hydrogens (tertiary/aromatic N) is 1. The molecule has 0 aliphatic rings. The molecule has 0 unspecified atom stereocenters. The van der Waals surface area contributed by atoms with E-state index in [9.17, 15) is 0 Å². The Hall–Kier alpha value is -1.19. The van der Waals surface area contributed by atoms with Crippen molar-refractivity contribution in [1.82, 2.24) is 10.3 Å². The first-order valence-electron chi connectivity index (χ1n) is 7.20. The lowest BCUT2D eigenvalue weighted by molar-refractivity contribution is 0.591. The molecule has 0 spiro atoms. The molecular weight excluding hydrogens is 264 g/mol. The summed E-state index contributed by atoms with van der Waals surface area (Å²) in [6.07, 6.45) is 0.940. The van der Waals surface area contributed by atoms with Gasteiger partial charge in [-0.2, -0.15) is 0 Å². The number of nitrogens with one attached hydrogen (secondary N) is 1.